The molecule has 1 N–H and O–H groups in total. The molecule has 1 aromatic heterocycles. The second-order valence-corrected chi connectivity index (χ2v) is 8.29. The van der Waals surface area contributed by atoms with Crippen LogP contribution in [0.25, 0.3) is 0 Å². The van der Waals surface area contributed by atoms with E-state index in [2.05, 4.69) is 24.1 Å². The van der Waals surface area contributed by atoms with E-state index in [0.29, 0.717) is 24.6 Å². The van der Waals surface area contributed by atoms with Gasteiger partial charge in [0.2, 0.25) is 0 Å². The summed E-state index contributed by atoms with van der Waals surface area (Å²) in [5.41, 5.74) is 1.30. The minimum atomic E-state index is -3.02. The van der Waals surface area contributed by atoms with Gasteiger partial charge in [0.05, 0.1) is 22.8 Å². The van der Waals surface area contributed by atoms with Gasteiger partial charge < -0.3 is 10.2 Å². The Kier molecular flexibility index (Phi) is 5.62. The number of amides is 1. The fourth-order valence-corrected chi connectivity index (χ4v) is 4.51. The van der Waals surface area contributed by atoms with Crippen molar-refractivity contribution in [1.29, 1.82) is 0 Å². The molecule has 1 saturated heterocycles. The van der Waals surface area contributed by atoms with Gasteiger partial charge in [-0.25, -0.2) is 8.42 Å². The number of carbonyl (C=O) groups excluding carboxylic acids is 1. The number of aromatic nitrogens is 1. The van der Waals surface area contributed by atoms with Crippen LogP contribution in [0, 0.1) is 0 Å². The van der Waals surface area contributed by atoms with Gasteiger partial charge in [-0.05, 0) is 32.8 Å². The molecule has 0 bridgehead atoms. The van der Waals surface area contributed by atoms with E-state index in [9.17, 15) is 13.2 Å². The number of carbonyl (C=O) groups is 1. The third-order valence-corrected chi connectivity index (χ3v) is 6.01. The molecule has 0 spiro atoms. The summed E-state index contributed by atoms with van der Waals surface area (Å²) in [6.45, 7) is 6.51. The molecule has 23 heavy (non-hydrogen) atoms. The summed E-state index contributed by atoms with van der Waals surface area (Å²) >= 11 is 0. The van der Waals surface area contributed by atoms with Crippen LogP contribution in [0.15, 0.2) is 18.5 Å². The number of nitrogens with zero attached hydrogens (tertiary/aromatic N) is 2. The maximum Gasteiger partial charge on any atom is 0.255 e. The number of rotatable bonds is 6. The Hall–Kier alpha value is -1.63. The standard InChI is InChI=1S/C16H25N3O3S/c1-4-12(3)18-14-8-13(9-17-10-14)16(20)19(5-2)15-6-7-23(21,22)11-15/h8-10,12,15,18H,4-7,11H2,1-3H3. The number of pyridine rings is 1. The van der Waals surface area contributed by atoms with E-state index < -0.39 is 9.84 Å². The predicted molar refractivity (Wildman–Crippen MR) is 91.4 cm³/mol. The van der Waals surface area contributed by atoms with Gasteiger partial charge in [0.1, 0.15) is 0 Å². The third kappa shape index (κ3) is 4.43. The lowest BCUT2D eigenvalue weighted by Crippen LogP contribution is -2.41. The molecular formula is C16H25N3O3S. The molecule has 1 amide bonds. The Morgan fingerprint density at radius 3 is 2.74 bits per heavy atom. The molecule has 0 radical (unpaired) electrons. The first-order valence-electron chi connectivity index (χ1n) is 8.09. The second-order valence-electron chi connectivity index (χ2n) is 6.06. The topological polar surface area (TPSA) is 79.4 Å². The minimum Gasteiger partial charge on any atom is -0.381 e. The van der Waals surface area contributed by atoms with Crippen LogP contribution in [-0.4, -0.2) is 54.3 Å². The Labute approximate surface area is 138 Å². The first kappa shape index (κ1) is 17.7. The highest BCUT2D eigenvalue weighted by molar-refractivity contribution is 7.91. The van der Waals surface area contributed by atoms with E-state index in [1.807, 2.05) is 6.92 Å². The van der Waals surface area contributed by atoms with Crippen molar-refractivity contribution in [2.45, 2.75) is 45.7 Å². The molecule has 7 heteroatoms. The van der Waals surface area contributed by atoms with Gasteiger partial charge in [0, 0.05) is 31.0 Å². The number of hydrogen-bond acceptors (Lipinski definition) is 5. The number of sulfone groups is 1. The van der Waals surface area contributed by atoms with Crippen molar-refractivity contribution in [2.75, 3.05) is 23.4 Å². The first-order chi connectivity index (χ1) is 10.9. The molecule has 0 aromatic carbocycles. The number of nitrogens with one attached hydrogen (secondary N) is 1. The molecule has 2 rings (SSSR count). The van der Waals surface area contributed by atoms with E-state index in [1.165, 1.54) is 6.20 Å². The Morgan fingerprint density at radius 1 is 1.43 bits per heavy atom. The summed E-state index contributed by atoms with van der Waals surface area (Å²) in [6.07, 6.45) is 4.72. The Balaban J connectivity index is 2.16. The molecular weight excluding hydrogens is 314 g/mol. The van der Waals surface area contributed by atoms with Crippen molar-refractivity contribution in [3.63, 3.8) is 0 Å². The van der Waals surface area contributed by atoms with Crippen LogP contribution in [0.1, 0.15) is 44.0 Å². The van der Waals surface area contributed by atoms with Crippen LogP contribution in [-0.2, 0) is 9.84 Å². The van der Waals surface area contributed by atoms with Crippen molar-refractivity contribution in [1.82, 2.24) is 9.88 Å². The van der Waals surface area contributed by atoms with Crippen LogP contribution >= 0.6 is 0 Å². The van der Waals surface area contributed by atoms with E-state index in [0.717, 1.165) is 12.1 Å². The predicted octanol–water partition coefficient (Wildman–Crippen LogP) is 1.94. The van der Waals surface area contributed by atoms with Gasteiger partial charge >= 0.3 is 0 Å². The molecule has 2 heterocycles. The summed E-state index contributed by atoms with van der Waals surface area (Å²) in [4.78, 5) is 18.5. The van der Waals surface area contributed by atoms with Gasteiger partial charge in [-0.15, -0.1) is 0 Å². The summed E-state index contributed by atoms with van der Waals surface area (Å²) in [5.74, 6) is 0.0648. The quantitative estimate of drug-likeness (QED) is 0.857. The zero-order valence-electron chi connectivity index (χ0n) is 13.9. The first-order valence-corrected chi connectivity index (χ1v) is 9.91. The average Bonchev–Trinajstić information content (AvgIpc) is 2.88. The zero-order valence-corrected chi connectivity index (χ0v) is 14.8. The second kappa shape index (κ2) is 7.29. The van der Waals surface area contributed by atoms with Crippen LogP contribution in [0.5, 0.6) is 0 Å². The highest BCUT2D eigenvalue weighted by atomic mass is 32.2. The number of anilines is 1. The Bertz CT molecular complexity index is 660. The van der Waals surface area contributed by atoms with E-state index >= 15 is 0 Å². The van der Waals surface area contributed by atoms with Crippen molar-refractivity contribution < 1.29 is 13.2 Å². The normalized spacial score (nSPS) is 20.9. The van der Waals surface area contributed by atoms with Crippen molar-refractivity contribution >= 4 is 21.4 Å². The Morgan fingerprint density at radius 2 is 2.17 bits per heavy atom. The van der Waals surface area contributed by atoms with Gasteiger partial charge in [-0.1, -0.05) is 6.92 Å². The highest BCUT2D eigenvalue weighted by Gasteiger charge is 2.34. The lowest BCUT2D eigenvalue weighted by atomic mass is 10.1. The van der Waals surface area contributed by atoms with Crippen LogP contribution < -0.4 is 5.32 Å². The molecule has 0 saturated carbocycles. The van der Waals surface area contributed by atoms with Crippen LogP contribution in [0.4, 0.5) is 5.69 Å². The van der Waals surface area contributed by atoms with Gasteiger partial charge in [0.25, 0.3) is 5.91 Å². The maximum atomic E-state index is 12.7. The molecule has 1 aromatic rings. The minimum absolute atomic E-state index is 0.0603. The van der Waals surface area contributed by atoms with Gasteiger partial charge in [0.15, 0.2) is 9.84 Å². The summed E-state index contributed by atoms with van der Waals surface area (Å²) in [5, 5.41) is 3.30. The zero-order chi connectivity index (χ0) is 17.0. The number of hydrogen-bond donors (Lipinski definition) is 1. The molecule has 1 aliphatic rings. The molecule has 2 unspecified atom stereocenters. The fourth-order valence-electron chi connectivity index (χ4n) is 2.78. The van der Waals surface area contributed by atoms with Crippen molar-refractivity contribution in [3.8, 4) is 0 Å². The maximum absolute atomic E-state index is 12.7. The van der Waals surface area contributed by atoms with Gasteiger partial charge in [-0.3, -0.25) is 9.78 Å². The lowest BCUT2D eigenvalue weighted by molar-refractivity contribution is 0.0708. The monoisotopic (exact) mass is 339 g/mol. The van der Waals surface area contributed by atoms with Gasteiger partial charge in [-0.2, -0.15) is 0 Å². The molecule has 6 nitrogen and oxygen atoms in total. The van der Waals surface area contributed by atoms with E-state index in [4.69, 9.17) is 0 Å². The summed E-state index contributed by atoms with van der Waals surface area (Å²) < 4.78 is 23.3. The largest absolute Gasteiger partial charge is 0.381 e. The SMILES string of the molecule is CCC(C)Nc1cncc(C(=O)N(CC)C2CCS(=O)(=O)C2)c1. The lowest BCUT2D eigenvalue weighted by Gasteiger charge is -2.27. The highest BCUT2D eigenvalue weighted by Crippen LogP contribution is 2.20. The molecule has 2 atom stereocenters. The third-order valence-electron chi connectivity index (χ3n) is 4.26. The molecule has 0 aliphatic carbocycles. The summed E-state index contributed by atoms with van der Waals surface area (Å²) in [6, 6.07) is 1.85. The van der Waals surface area contributed by atoms with E-state index in [1.54, 1.807) is 17.2 Å². The van der Waals surface area contributed by atoms with Crippen LogP contribution in [0.3, 0.4) is 0 Å². The van der Waals surface area contributed by atoms with Crippen molar-refractivity contribution in [3.05, 3.63) is 24.0 Å². The average molecular weight is 339 g/mol. The smallest absolute Gasteiger partial charge is 0.255 e. The van der Waals surface area contributed by atoms with Crippen LogP contribution in [0.2, 0.25) is 0 Å². The molecule has 1 aliphatic heterocycles. The summed E-state index contributed by atoms with van der Waals surface area (Å²) in [7, 11) is -3.02. The van der Waals surface area contributed by atoms with E-state index in [-0.39, 0.29) is 23.5 Å². The van der Waals surface area contributed by atoms with Crippen molar-refractivity contribution in [2.24, 2.45) is 0 Å². The fraction of sp³-hybridized carbons (Fsp3) is 0.625. The molecule has 1 fully saturated rings. The molecule has 128 valence electrons.